The summed E-state index contributed by atoms with van der Waals surface area (Å²) in [6.07, 6.45) is 0.949. The van der Waals surface area contributed by atoms with Crippen molar-refractivity contribution in [2.45, 2.75) is 39.7 Å². The number of ether oxygens (including phenoxy) is 1. The second-order valence-corrected chi connectivity index (χ2v) is 5.40. The van der Waals surface area contributed by atoms with Crippen LogP contribution in [0.3, 0.4) is 0 Å². The first kappa shape index (κ1) is 15.6. The molecule has 0 aliphatic rings. The number of nitrogens with two attached hydrogens (primary N) is 1. The largest absolute Gasteiger partial charge is 0.491 e. The molecule has 0 aromatic heterocycles. The third-order valence-electron chi connectivity index (χ3n) is 2.78. The molecule has 0 saturated carbocycles. The highest BCUT2D eigenvalue weighted by Crippen LogP contribution is 2.28. The molecule has 0 fully saturated rings. The smallest absolute Gasteiger partial charge is 0.144 e. The number of likely N-dealkylation sites (N-methyl/N-ethyl adjacent to an activating group) is 1. The fourth-order valence-corrected chi connectivity index (χ4v) is 1.91. The maximum absolute atomic E-state index is 9.95. The van der Waals surface area contributed by atoms with Gasteiger partial charge in [0.15, 0.2) is 0 Å². The lowest BCUT2D eigenvalue weighted by Gasteiger charge is -2.30. The number of hydrogen-bond acceptors (Lipinski definition) is 4. The van der Waals surface area contributed by atoms with Gasteiger partial charge in [0.05, 0.1) is 17.9 Å². The predicted octanol–water partition coefficient (Wildman–Crippen LogP) is 2.65. The minimum absolute atomic E-state index is 0.570. The Balaban J connectivity index is 2.92. The summed E-state index contributed by atoms with van der Waals surface area (Å²) in [5, 5.41) is 9.95. The lowest BCUT2D eigenvalue weighted by molar-refractivity contribution is 0.0876. The van der Waals surface area contributed by atoms with Crippen molar-refractivity contribution in [2.75, 3.05) is 30.3 Å². The molecule has 0 bridgehead atoms. The molecule has 0 unspecified atom stereocenters. The van der Waals surface area contributed by atoms with Crippen LogP contribution in [0, 0.1) is 0 Å². The van der Waals surface area contributed by atoms with Crippen LogP contribution in [0.15, 0.2) is 18.2 Å². The molecular formula is C15H26N2O2. The lowest BCUT2D eigenvalue weighted by Crippen LogP contribution is -2.38. The zero-order valence-corrected chi connectivity index (χ0v) is 12.4. The van der Waals surface area contributed by atoms with E-state index in [1.165, 1.54) is 0 Å². The number of hydrogen-bond donors (Lipinski definition) is 2. The van der Waals surface area contributed by atoms with Crippen LogP contribution in [0.2, 0.25) is 0 Å². The summed E-state index contributed by atoms with van der Waals surface area (Å²) in [7, 11) is 0. The van der Waals surface area contributed by atoms with E-state index in [9.17, 15) is 5.11 Å². The van der Waals surface area contributed by atoms with E-state index in [-0.39, 0.29) is 0 Å². The van der Waals surface area contributed by atoms with Crippen LogP contribution in [-0.4, -0.2) is 30.4 Å². The molecule has 0 amide bonds. The molecule has 108 valence electrons. The van der Waals surface area contributed by atoms with Crippen LogP contribution in [0.25, 0.3) is 0 Å². The van der Waals surface area contributed by atoms with Crippen LogP contribution in [0.4, 0.5) is 11.4 Å². The van der Waals surface area contributed by atoms with Crippen molar-refractivity contribution in [2.24, 2.45) is 0 Å². The molecule has 4 heteroatoms. The first-order valence-electron chi connectivity index (χ1n) is 6.87. The summed E-state index contributed by atoms with van der Waals surface area (Å²) < 4.78 is 5.64. The summed E-state index contributed by atoms with van der Waals surface area (Å²) in [6.45, 7) is 9.79. The minimum atomic E-state index is -0.734. The van der Waals surface area contributed by atoms with E-state index in [1.807, 2.05) is 18.2 Å². The average Bonchev–Trinajstić information content (AvgIpc) is 2.34. The highest BCUT2D eigenvalue weighted by molar-refractivity contribution is 5.62. The fraction of sp³-hybridized carbons (Fsp3) is 0.600. The zero-order valence-electron chi connectivity index (χ0n) is 12.4. The molecule has 0 atom stereocenters. The third kappa shape index (κ3) is 4.99. The van der Waals surface area contributed by atoms with Gasteiger partial charge in [-0.05, 0) is 39.3 Å². The van der Waals surface area contributed by atoms with E-state index >= 15 is 0 Å². The van der Waals surface area contributed by atoms with Crippen LogP contribution in [0.1, 0.15) is 34.1 Å². The number of anilines is 2. The summed E-state index contributed by atoms with van der Waals surface area (Å²) in [6, 6.07) is 5.76. The van der Waals surface area contributed by atoms with E-state index < -0.39 is 5.60 Å². The van der Waals surface area contributed by atoms with Crippen molar-refractivity contribution in [3.63, 3.8) is 0 Å². The van der Waals surface area contributed by atoms with Gasteiger partial charge in [-0.1, -0.05) is 6.92 Å². The molecule has 1 aromatic rings. The molecular weight excluding hydrogens is 240 g/mol. The Morgan fingerprint density at radius 1 is 1.32 bits per heavy atom. The summed E-state index contributed by atoms with van der Waals surface area (Å²) >= 11 is 0. The predicted molar refractivity (Wildman–Crippen MR) is 80.8 cm³/mol. The van der Waals surface area contributed by atoms with Gasteiger partial charge in [0, 0.05) is 24.8 Å². The molecule has 19 heavy (non-hydrogen) atoms. The van der Waals surface area contributed by atoms with Crippen LogP contribution in [-0.2, 0) is 0 Å². The standard InChI is InChI=1S/C15H26N2O2/c1-5-9-19-14-10-12(7-8-13(14)16)17(6-2)11-15(3,4)18/h7-8,10,18H,5-6,9,11,16H2,1-4H3. The van der Waals surface area contributed by atoms with E-state index in [2.05, 4.69) is 18.7 Å². The van der Waals surface area contributed by atoms with Crippen LogP contribution in [0.5, 0.6) is 5.75 Å². The highest BCUT2D eigenvalue weighted by Gasteiger charge is 2.18. The van der Waals surface area contributed by atoms with Gasteiger partial charge in [0.1, 0.15) is 5.75 Å². The van der Waals surface area contributed by atoms with Gasteiger partial charge in [-0.25, -0.2) is 0 Å². The first-order chi connectivity index (χ1) is 8.87. The summed E-state index contributed by atoms with van der Waals surface area (Å²) in [5.41, 5.74) is 6.84. The second-order valence-electron chi connectivity index (χ2n) is 5.40. The van der Waals surface area contributed by atoms with Crippen molar-refractivity contribution < 1.29 is 9.84 Å². The zero-order chi connectivity index (χ0) is 14.5. The Hall–Kier alpha value is -1.42. The maximum Gasteiger partial charge on any atom is 0.144 e. The SMILES string of the molecule is CCCOc1cc(N(CC)CC(C)(C)O)ccc1N. The molecule has 3 N–H and O–H groups in total. The van der Waals surface area contributed by atoms with Gasteiger partial charge in [-0.3, -0.25) is 0 Å². The van der Waals surface area contributed by atoms with Gasteiger partial charge in [0.2, 0.25) is 0 Å². The lowest BCUT2D eigenvalue weighted by atomic mass is 10.1. The number of aliphatic hydroxyl groups is 1. The maximum atomic E-state index is 9.95. The van der Waals surface area contributed by atoms with Crippen molar-refractivity contribution in [1.82, 2.24) is 0 Å². The van der Waals surface area contributed by atoms with Gasteiger partial charge in [-0.15, -0.1) is 0 Å². The molecule has 0 heterocycles. The number of nitrogens with zero attached hydrogens (tertiary/aromatic N) is 1. The quantitative estimate of drug-likeness (QED) is 0.745. The van der Waals surface area contributed by atoms with Crippen molar-refractivity contribution in [3.05, 3.63) is 18.2 Å². The van der Waals surface area contributed by atoms with Gasteiger partial charge < -0.3 is 20.5 Å². The molecule has 1 aromatic carbocycles. The topological polar surface area (TPSA) is 58.7 Å². The fourth-order valence-electron chi connectivity index (χ4n) is 1.91. The Kier molecular flexibility index (Phi) is 5.48. The van der Waals surface area contributed by atoms with E-state index in [0.717, 1.165) is 18.7 Å². The average molecular weight is 266 g/mol. The molecule has 0 saturated heterocycles. The van der Waals surface area contributed by atoms with E-state index in [4.69, 9.17) is 10.5 Å². The number of rotatable bonds is 7. The summed E-state index contributed by atoms with van der Waals surface area (Å²) in [4.78, 5) is 2.11. The molecule has 0 aliphatic carbocycles. The van der Waals surface area contributed by atoms with Crippen molar-refractivity contribution in [3.8, 4) is 5.75 Å². The molecule has 0 spiro atoms. The van der Waals surface area contributed by atoms with Crippen molar-refractivity contribution >= 4 is 11.4 Å². The number of nitrogen functional groups attached to an aromatic ring is 1. The van der Waals surface area contributed by atoms with Gasteiger partial charge in [0.25, 0.3) is 0 Å². The molecule has 4 nitrogen and oxygen atoms in total. The van der Waals surface area contributed by atoms with Crippen LogP contribution < -0.4 is 15.4 Å². The van der Waals surface area contributed by atoms with E-state index in [0.29, 0.717) is 24.6 Å². The van der Waals surface area contributed by atoms with Crippen LogP contribution >= 0.6 is 0 Å². The van der Waals surface area contributed by atoms with E-state index in [1.54, 1.807) is 13.8 Å². The van der Waals surface area contributed by atoms with Crippen molar-refractivity contribution in [1.29, 1.82) is 0 Å². The molecule has 0 aliphatic heterocycles. The molecule has 0 radical (unpaired) electrons. The Labute approximate surface area is 116 Å². The Morgan fingerprint density at radius 3 is 2.53 bits per heavy atom. The van der Waals surface area contributed by atoms with Gasteiger partial charge >= 0.3 is 0 Å². The minimum Gasteiger partial charge on any atom is -0.491 e. The number of benzene rings is 1. The Bertz CT molecular complexity index is 400. The Morgan fingerprint density at radius 2 is 2.00 bits per heavy atom. The first-order valence-corrected chi connectivity index (χ1v) is 6.87. The second kappa shape index (κ2) is 6.66. The molecule has 1 rings (SSSR count). The summed E-state index contributed by atoms with van der Waals surface area (Å²) in [5.74, 6) is 0.716. The highest BCUT2D eigenvalue weighted by atomic mass is 16.5. The van der Waals surface area contributed by atoms with Gasteiger partial charge in [-0.2, -0.15) is 0 Å². The monoisotopic (exact) mass is 266 g/mol. The third-order valence-corrected chi connectivity index (χ3v) is 2.78. The normalized spacial score (nSPS) is 11.4.